The van der Waals surface area contributed by atoms with Gasteiger partial charge in [0.05, 0.1) is 0 Å². The zero-order valence-corrected chi connectivity index (χ0v) is 13.8. The molecular weight excluding hydrogens is 292 g/mol. The molecule has 2 heterocycles. The number of amides is 2. The molecule has 5 nitrogen and oxygen atoms in total. The molecule has 2 aromatic rings. The second-order valence-electron chi connectivity index (χ2n) is 6.43. The number of hydrogen-bond acceptors (Lipinski definition) is 3. The lowest BCUT2D eigenvalue weighted by atomic mass is 10.1. The minimum Gasteiger partial charge on any atom is -0.451 e. The Morgan fingerprint density at radius 2 is 1.96 bits per heavy atom. The molecule has 1 aromatic heterocycles. The van der Waals surface area contributed by atoms with Crippen LogP contribution in [0.3, 0.4) is 0 Å². The standard InChI is InChI=1S/C18H22N2O3/c1-12(2)17(21)19-8-9-20(13(3)11-19)18(22)16-10-14-6-4-5-7-15(14)23-16/h4-7,10,12-13H,8-9,11H2,1-3H3. The smallest absolute Gasteiger partial charge is 0.289 e. The zero-order valence-electron chi connectivity index (χ0n) is 13.8. The van der Waals surface area contributed by atoms with E-state index in [1.165, 1.54) is 0 Å². The quantitative estimate of drug-likeness (QED) is 0.856. The fourth-order valence-corrected chi connectivity index (χ4v) is 3.05. The van der Waals surface area contributed by atoms with Gasteiger partial charge in [-0.05, 0) is 19.1 Å². The lowest BCUT2D eigenvalue weighted by Gasteiger charge is -2.40. The summed E-state index contributed by atoms with van der Waals surface area (Å²) in [6.07, 6.45) is 0. The first-order chi connectivity index (χ1) is 11.0. The summed E-state index contributed by atoms with van der Waals surface area (Å²) in [5, 5.41) is 0.928. The highest BCUT2D eigenvalue weighted by molar-refractivity contribution is 5.96. The number of carbonyl (C=O) groups excluding carboxylic acids is 2. The molecule has 23 heavy (non-hydrogen) atoms. The average Bonchev–Trinajstić information content (AvgIpc) is 2.97. The number of para-hydroxylation sites is 1. The number of carbonyl (C=O) groups is 2. The van der Waals surface area contributed by atoms with Crippen molar-refractivity contribution in [2.24, 2.45) is 5.92 Å². The van der Waals surface area contributed by atoms with E-state index in [2.05, 4.69) is 0 Å². The highest BCUT2D eigenvalue weighted by Gasteiger charge is 2.32. The van der Waals surface area contributed by atoms with Gasteiger partial charge in [0.2, 0.25) is 5.91 Å². The third kappa shape index (κ3) is 2.96. The van der Waals surface area contributed by atoms with Crippen LogP contribution in [-0.2, 0) is 4.79 Å². The van der Waals surface area contributed by atoms with Gasteiger partial charge in [-0.3, -0.25) is 9.59 Å². The minimum atomic E-state index is -0.106. The number of benzene rings is 1. The molecule has 3 rings (SSSR count). The summed E-state index contributed by atoms with van der Waals surface area (Å²) < 4.78 is 5.67. The summed E-state index contributed by atoms with van der Waals surface area (Å²) in [6.45, 7) is 7.46. The van der Waals surface area contributed by atoms with Crippen molar-refractivity contribution in [1.82, 2.24) is 9.80 Å². The van der Waals surface area contributed by atoms with Crippen LogP contribution in [0.15, 0.2) is 34.7 Å². The highest BCUT2D eigenvalue weighted by Crippen LogP contribution is 2.22. The molecule has 1 aliphatic heterocycles. The van der Waals surface area contributed by atoms with Crippen molar-refractivity contribution in [1.29, 1.82) is 0 Å². The van der Waals surface area contributed by atoms with Crippen molar-refractivity contribution < 1.29 is 14.0 Å². The van der Waals surface area contributed by atoms with Crippen LogP contribution in [0.25, 0.3) is 11.0 Å². The van der Waals surface area contributed by atoms with Crippen LogP contribution in [0.4, 0.5) is 0 Å². The molecule has 5 heteroatoms. The first-order valence-electron chi connectivity index (χ1n) is 8.05. The van der Waals surface area contributed by atoms with Gasteiger partial charge in [-0.25, -0.2) is 0 Å². The SMILES string of the molecule is CC(C)C(=O)N1CCN(C(=O)c2cc3ccccc3o2)C(C)C1. The molecule has 1 unspecified atom stereocenters. The number of rotatable bonds is 2. The maximum atomic E-state index is 12.7. The van der Waals surface area contributed by atoms with Gasteiger partial charge in [0.1, 0.15) is 5.58 Å². The van der Waals surface area contributed by atoms with Crippen LogP contribution < -0.4 is 0 Å². The topological polar surface area (TPSA) is 53.8 Å². The van der Waals surface area contributed by atoms with Gasteiger partial charge in [0.25, 0.3) is 5.91 Å². The van der Waals surface area contributed by atoms with Crippen molar-refractivity contribution in [3.63, 3.8) is 0 Å². The normalized spacial score (nSPS) is 18.7. The molecule has 122 valence electrons. The molecule has 1 fully saturated rings. The fraction of sp³-hybridized carbons (Fsp3) is 0.444. The number of fused-ring (bicyclic) bond motifs is 1. The van der Waals surface area contributed by atoms with Crippen molar-refractivity contribution in [3.05, 3.63) is 36.1 Å². The molecule has 1 saturated heterocycles. The van der Waals surface area contributed by atoms with E-state index in [1.807, 2.05) is 49.9 Å². The summed E-state index contributed by atoms with van der Waals surface area (Å²) in [5.74, 6) is 0.388. The molecule has 2 amide bonds. The van der Waals surface area contributed by atoms with Gasteiger partial charge < -0.3 is 14.2 Å². The molecule has 0 radical (unpaired) electrons. The molecule has 0 saturated carbocycles. The maximum Gasteiger partial charge on any atom is 0.289 e. The molecule has 0 N–H and O–H groups in total. The average molecular weight is 314 g/mol. The number of hydrogen-bond donors (Lipinski definition) is 0. The summed E-state index contributed by atoms with van der Waals surface area (Å²) in [5.41, 5.74) is 0.720. The van der Waals surface area contributed by atoms with Crippen LogP contribution in [-0.4, -0.2) is 47.3 Å². The third-order valence-corrected chi connectivity index (χ3v) is 4.33. The Balaban J connectivity index is 1.74. The Kier molecular flexibility index (Phi) is 4.11. The Bertz CT molecular complexity index is 702. The fourth-order valence-electron chi connectivity index (χ4n) is 3.05. The Labute approximate surface area is 135 Å². The maximum absolute atomic E-state index is 12.7. The Morgan fingerprint density at radius 3 is 2.61 bits per heavy atom. The van der Waals surface area contributed by atoms with Gasteiger partial charge in [-0.15, -0.1) is 0 Å². The van der Waals surface area contributed by atoms with Gasteiger partial charge in [-0.1, -0.05) is 32.0 Å². The Morgan fingerprint density at radius 1 is 1.22 bits per heavy atom. The lowest BCUT2D eigenvalue weighted by molar-refractivity contribution is -0.136. The van der Waals surface area contributed by atoms with Crippen molar-refractivity contribution in [3.8, 4) is 0 Å². The number of nitrogens with zero attached hydrogens (tertiary/aromatic N) is 2. The molecule has 0 aliphatic carbocycles. The van der Waals surface area contributed by atoms with Gasteiger partial charge in [0, 0.05) is 37.0 Å². The molecule has 1 atom stereocenters. The van der Waals surface area contributed by atoms with Crippen LogP contribution >= 0.6 is 0 Å². The van der Waals surface area contributed by atoms with E-state index < -0.39 is 0 Å². The van der Waals surface area contributed by atoms with E-state index in [-0.39, 0.29) is 23.8 Å². The zero-order chi connectivity index (χ0) is 16.6. The van der Waals surface area contributed by atoms with Crippen LogP contribution in [0.1, 0.15) is 31.3 Å². The van der Waals surface area contributed by atoms with E-state index in [0.717, 1.165) is 11.0 Å². The van der Waals surface area contributed by atoms with Crippen LogP contribution in [0.2, 0.25) is 0 Å². The van der Waals surface area contributed by atoms with Gasteiger partial charge >= 0.3 is 0 Å². The first kappa shape index (κ1) is 15.6. The van der Waals surface area contributed by atoms with E-state index in [1.54, 1.807) is 11.0 Å². The summed E-state index contributed by atoms with van der Waals surface area (Å²) >= 11 is 0. The number of furan rings is 1. The lowest BCUT2D eigenvalue weighted by Crippen LogP contribution is -2.56. The summed E-state index contributed by atoms with van der Waals surface area (Å²) in [4.78, 5) is 28.5. The van der Waals surface area contributed by atoms with Crippen molar-refractivity contribution in [2.75, 3.05) is 19.6 Å². The van der Waals surface area contributed by atoms with E-state index in [0.29, 0.717) is 25.4 Å². The van der Waals surface area contributed by atoms with E-state index in [4.69, 9.17) is 4.42 Å². The second-order valence-corrected chi connectivity index (χ2v) is 6.43. The number of piperazine rings is 1. The third-order valence-electron chi connectivity index (χ3n) is 4.33. The molecule has 0 spiro atoms. The molecule has 0 bridgehead atoms. The van der Waals surface area contributed by atoms with Gasteiger partial charge in [-0.2, -0.15) is 0 Å². The van der Waals surface area contributed by atoms with Crippen LogP contribution in [0.5, 0.6) is 0 Å². The summed E-state index contributed by atoms with van der Waals surface area (Å²) in [7, 11) is 0. The predicted octanol–water partition coefficient (Wildman–Crippen LogP) is 2.76. The highest BCUT2D eigenvalue weighted by atomic mass is 16.3. The van der Waals surface area contributed by atoms with E-state index >= 15 is 0 Å². The van der Waals surface area contributed by atoms with E-state index in [9.17, 15) is 9.59 Å². The largest absolute Gasteiger partial charge is 0.451 e. The molecule has 1 aliphatic rings. The molecule has 1 aromatic carbocycles. The monoisotopic (exact) mass is 314 g/mol. The van der Waals surface area contributed by atoms with Crippen molar-refractivity contribution in [2.45, 2.75) is 26.8 Å². The van der Waals surface area contributed by atoms with Crippen molar-refractivity contribution >= 4 is 22.8 Å². The van der Waals surface area contributed by atoms with Crippen LogP contribution in [0, 0.1) is 5.92 Å². The minimum absolute atomic E-state index is 0.0141. The first-order valence-corrected chi connectivity index (χ1v) is 8.05. The Hall–Kier alpha value is -2.30. The second kappa shape index (κ2) is 6.07. The van der Waals surface area contributed by atoms with Gasteiger partial charge in [0.15, 0.2) is 5.76 Å². The predicted molar refractivity (Wildman–Crippen MR) is 88.1 cm³/mol. The summed E-state index contributed by atoms with van der Waals surface area (Å²) in [6, 6.07) is 9.36. The molecular formula is C18H22N2O3.